The van der Waals surface area contributed by atoms with E-state index in [1.807, 2.05) is 6.07 Å². The second-order valence-electron chi connectivity index (χ2n) is 1.83. The van der Waals surface area contributed by atoms with Crippen molar-refractivity contribution in [2.45, 2.75) is 18.4 Å². The molecule has 0 aromatic carbocycles. The fourth-order valence-electron chi connectivity index (χ4n) is 0.438. The Morgan fingerprint density at radius 2 is 2.38 bits per heavy atom. The van der Waals surface area contributed by atoms with Gasteiger partial charge in [-0.25, -0.2) is 0 Å². The van der Waals surface area contributed by atoms with Gasteiger partial charge in [0.2, 0.25) is 0 Å². The molecule has 0 atom stereocenters. The van der Waals surface area contributed by atoms with Crippen molar-refractivity contribution in [3.05, 3.63) is 10.4 Å². The second-order valence-corrected chi connectivity index (χ2v) is 1.83. The van der Waals surface area contributed by atoms with Crippen LogP contribution in [0.15, 0.2) is 5.11 Å². The third-order valence-corrected chi connectivity index (χ3v) is 1.17. The van der Waals surface area contributed by atoms with Gasteiger partial charge in [0.25, 0.3) is 0 Å². The van der Waals surface area contributed by atoms with Crippen molar-refractivity contribution in [2.24, 2.45) is 5.11 Å². The normalized spacial score (nSPS) is 20.4. The van der Waals surface area contributed by atoms with E-state index in [4.69, 9.17) is 10.8 Å². The molecule has 0 radical (unpaired) electrons. The maximum atomic E-state index is 8.27. The molecule has 0 bridgehead atoms. The SMILES string of the molecule is N#CC1(N=[N+]=[N-])CC1. The molecule has 0 saturated heterocycles. The van der Waals surface area contributed by atoms with E-state index < -0.39 is 5.54 Å². The third kappa shape index (κ3) is 0.594. The summed E-state index contributed by atoms with van der Waals surface area (Å²) < 4.78 is 0. The molecule has 0 spiro atoms. The predicted octanol–water partition coefficient (Wildman–Crippen LogP) is 1.35. The minimum atomic E-state index is -0.644. The molecule has 1 aliphatic rings. The molecule has 1 fully saturated rings. The molecule has 0 aliphatic heterocycles. The van der Waals surface area contributed by atoms with Crippen LogP contribution in [0.3, 0.4) is 0 Å². The van der Waals surface area contributed by atoms with Crippen LogP contribution in [-0.2, 0) is 0 Å². The Morgan fingerprint density at radius 1 is 1.75 bits per heavy atom. The average molecular weight is 108 g/mol. The molecular weight excluding hydrogens is 104 g/mol. The molecule has 1 aliphatic carbocycles. The number of hydrogen-bond donors (Lipinski definition) is 0. The molecule has 0 aromatic rings. The van der Waals surface area contributed by atoms with Crippen LogP contribution in [0.25, 0.3) is 10.4 Å². The van der Waals surface area contributed by atoms with Gasteiger partial charge in [0.15, 0.2) is 0 Å². The lowest BCUT2D eigenvalue weighted by atomic mass is 10.3. The summed E-state index contributed by atoms with van der Waals surface area (Å²) in [6.07, 6.45) is 1.46. The highest BCUT2D eigenvalue weighted by molar-refractivity contribution is 5.18. The van der Waals surface area contributed by atoms with Crippen LogP contribution in [0, 0.1) is 11.3 Å². The number of rotatable bonds is 1. The van der Waals surface area contributed by atoms with Crippen LogP contribution >= 0.6 is 0 Å². The lowest BCUT2D eigenvalue weighted by Gasteiger charge is -1.84. The zero-order valence-corrected chi connectivity index (χ0v) is 4.20. The smallest absolute Gasteiger partial charge is 0.136 e. The summed E-state index contributed by atoms with van der Waals surface area (Å²) in [5.41, 5.74) is 7.24. The molecule has 4 heteroatoms. The highest BCUT2D eigenvalue weighted by atomic mass is 15.2. The van der Waals surface area contributed by atoms with Gasteiger partial charge < -0.3 is 0 Å². The maximum Gasteiger partial charge on any atom is 0.136 e. The van der Waals surface area contributed by atoms with Crippen molar-refractivity contribution in [3.63, 3.8) is 0 Å². The summed E-state index contributed by atoms with van der Waals surface area (Å²) in [5.74, 6) is 0. The van der Waals surface area contributed by atoms with Crippen molar-refractivity contribution in [1.82, 2.24) is 0 Å². The molecule has 0 aromatic heterocycles. The molecule has 0 N–H and O–H groups in total. The van der Waals surface area contributed by atoms with Gasteiger partial charge in [-0.1, -0.05) is 5.11 Å². The van der Waals surface area contributed by atoms with Crippen molar-refractivity contribution in [2.75, 3.05) is 0 Å². The fourth-order valence-corrected chi connectivity index (χ4v) is 0.438. The fraction of sp³-hybridized carbons (Fsp3) is 0.750. The summed E-state index contributed by atoms with van der Waals surface area (Å²) in [6.45, 7) is 0. The average Bonchev–Trinajstić information content (AvgIpc) is 2.50. The second kappa shape index (κ2) is 1.39. The summed E-state index contributed by atoms with van der Waals surface area (Å²) in [5, 5.41) is 11.6. The number of nitriles is 1. The summed E-state index contributed by atoms with van der Waals surface area (Å²) in [4.78, 5) is 2.54. The Kier molecular flexibility index (Phi) is 0.860. The predicted molar refractivity (Wildman–Crippen MR) is 26.7 cm³/mol. The zero-order chi connectivity index (χ0) is 6.04. The number of azide groups is 1. The van der Waals surface area contributed by atoms with Crippen LogP contribution in [0.4, 0.5) is 0 Å². The molecule has 40 valence electrons. The first-order chi connectivity index (χ1) is 3.83. The van der Waals surface area contributed by atoms with E-state index in [-0.39, 0.29) is 0 Å². The maximum absolute atomic E-state index is 8.27. The minimum absolute atomic E-state index is 0.644. The van der Waals surface area contributed by atoms with Gasteiger partial charge in [-0.05, 0) is 18.4 Å². The number of nitrogens with zero attached hydrogens (tertiary/aromatic N) is 4. The summed E-state index contributed by atoms with van der Waals surface area (Å²) in [6, 6.07) is 1.93. The summed E-state index contributed by atoms with van der Waals surface area (Å²) in [7, 11) is 0. The van der Waals surface area contributed by atoms with Gasteiger partial charge in [0.1, 0.15) is 5.54 Å². The van der Waals surface area contributed by atoms with Crippen LogP contribution in [0.1, 0.15) is 12.8 Å². The van der Waals surface area contributed by atoms with E-state index >= 15 is 0 Å². The molecule has 8 heavy (non-hydrogen) atoms. The Labute approximate surface area is 46.4 Å². The van der Waals surface area contributed by atoms with Crippen LogP contribution < -0.4 is 0 Å². The van der Waals surface area contributed by atoms with Crippen LogP contribution in [0.5, 0.6) is 0 Å². The molecule has 0 heterocycles. The number of hydrogen-bond acceptors (Lipinski definition) is 2. The summed E-state index contributed by atoms with van der Waals surface area (Å²) >= 11 is 0. The van der Waals surface area contributed by atoms with E-state index in [1.165, 1.54) is 0 Å². The monoisotopic (exact) mass is 108 g/mol. The van der Waals surface area contributed by atoms with Gasteiger partial charge in [-0.3, -0.25) is 0 Å². The van der Waals surface area contributed by atoms with Crippen molar-refractivity contribution >= 4 is 0 Å². The van der Waals surface area contributed by atoms with E-state index in [2.05, 4.69) is 10.0 Å². The highest BCUT2D eigenvalue weighted by Crippen LogP contribution is 2.38. The minimum Gasteiger partial charge on any atom is -0.198 e. The van der Waals surface area contributed by atoms with Gasteiger partial charge in [0.05, 0.1) is 6.07 Å². The lowest BCUT2D eigenvalue weighted by Crippen LogP contribution is -1.95. The highest BCUT2D eigenvalue weighted by Gasteiger charge is 2.42. The van der Waals surface area contributed by atoms with Crippen LogP contribution in [-0.4, -0.2) is 5.54 Å². The molecule has 1 rings (SSSR count). The topological polar surface area (TPSA) is 72.5 Å². The van der Waals surface area contributed by atoms with Crippen molar-refractivity contribution in [3.8, 4) is 6.07 Å². The quantitative estimate of drug-likeness (QED) is 0.284. The first-order valence-corrected chi connectivity index (χ1v) is 2.30. The largest absolute Gasteiger partial charge is 0.198 e. The Hall–Kier alpha value is -1.20. The first-order valence-electron chi connectivity index (χ1n) is 2.30. The molecule has 0 unspecified atom stereocenters. The standard InChI is InChI=1S/C4H4N4/c5-3-4(1-2-4)7-8-6/h1-2H2. The van der Waals surface area contributed by atoms with E-state index in [1.54, 1.807) is 0 Å². The first kappa shape index (κ1) is 4.95. The van der Waals surface area contributed by atoms with Gasteiger partial charge in [-0.2, -0.15) is 5.26 Å². The molecule has 1 saturated carbocycles. The van der Waals surface area contributed by atoms with E-state index in [0.717, 1.165) is 12.8 Å². The van der Waals surface area contributed by atoms with Gasteiger partial charge in [0, 0.05) is 4.91 Å². The van der Waals surface area contributed by atoms with Gasteiger partial charge in [-0.15, -0.1) is 0 Å². The Bertz CT molecular complexity index is 179. The van der Waals surface area contributed by atoms with Gasteiger partial charge >= 0.3 is 0 Å². The van der Waals surface area contributed by atoms with E-state index in [0.29, 0.717) is 0 Å². The van der Waals surface area contributed by atoms with Crippen molar-refractivity contribution in [1.29, 1.82) is 5.26 Å². The molecular formula is C4H4N4. The lowest BCUT2D eigenvalue weighted by molar-refractivity contribution is 0.859. The molecule has 0 amide bonds. The van der Waals surface area contributed by atoms with Crippen LogP contribution in [0.2, 0.25) is 0 Å². The molecule has 4 nitrogen and oxygen atoms in total. The Morgan fingerprint density at radius 3 is 2.50 bits per heavy atom. The van der Waals surface area contributed by atoms with Crippen molar-refractivity contribution < 1.29 is 0 Å². The zero-order valence-electron chi connectivity index (χ0n) is 4.20. The van der Waals surface area contributed by atoms with E-state index in [9.17, 15) is 0 Å². The third-order valence-electron chi connectivity index (χ3n) is 1.17. The Balaban J connectivity index is 2.71.